The second-order valence-electron chi connectivity index (χ2n) is 3.58. The maximum Gasteiger partial charge on any atom is 0.123 e. The molecule has 92 valence electrons. The molecule has 1 aliphatic rings. The van der Waals surface area contributed by atoms with Crippen molar-refractivity contribution in [3.05, 3.63) is 29.3 Å². The lowest BCUT2D eigenvalue weighted by atomic mass is 9.94. The van der Waals surface area contributed by atoms with E-state index in [9.17, 15) is 0 Å². The Bertz CT molecular complexity index is 291. The van der Waals surface area contributed by atoms with Crippen molar-refractivity contribution in [1.29, 1.82) is 0 Å². The molecule has 1 nitrogen and oxygen atoms in total. The summed E-state index contributed by atoms with van der Waals surface area (Å²) in [6.07, 6.45) is 1.15. The van der Waals surface area contributed by atoms with Crippen molar-refractivity contribution in [3.8, 4) is 5.75 Å². The molecule has 0 saturated heterocycles. The fourth-order valence-electron chi connectivity index (χ4n) is 1.67. The SMILES string of the molecule is CC.CC.Cc1ccc2c(c1)OCCC2C. The highest BCUT2D eigenvalue weighted by Crippen LogP contribution is 2.33. The summed E-state index contributed by atoms with van der Waals surface area (Å²) in [4.78, 5) is 0. The molecule has 1 heteroatoms. The van der Waals surface area contributed by atoms with Gasteiger partial charge in [-0.2, -0.15) is 0 Å². The monoisotopic (exact) mass is 222 g/mol. The van der Waals surface area contributed by atoms with Crippen LogP contribution in [0.4, 0.5) is 0 Å². The van der Waals surface area contributed by atoms with Gasteiger partial charge < -0.3 is 4.74 Å². The van der Waals surface area contributed by atoms with Gasteiger partial charge >= 0.3 is 0 Å². The van der Waals surface area contributed by atoms with Crippen molar-refractivity contribution in [2.24, 2.45) is 0 Å². The Balaban J connectivity index is 0.000000509. The number of benzene rings is 1. The molecule has 0 aliphatic carbocycles. The summed E-state index contributed by atoms with van der Waals surface area (Å²) >= 11 is 0. The molecule has 0 spiro atoms. The lowest BCUT2D eigenvalue weighted by molar-refractivity contribution is 0.272. The highest BCUT2D eigenvalue weighted by Gasteiger charge is 2.16. The first-order valence-corrected chi connectivity index (χ1v) is 6.51. The minimum Gasteiger partial charge on any atom is -0.493 e. The number of aryl methyl sites for hydroxylation is 1. The molecule has 1 unspecified atom stereocenters. The number of rotatable bonds is 0. The smallest absolute Gasteiger partial charge is 0.123 e. The van der Waals surface area contributed by atoms with Crippen LogP contribution >= 0.6 is 0 Å². The maximum absolute atomic E-state index is 5.57. The molecule has 0 aromatic heterocycles. The summed E-state index contributed by atoms with van der Waals surface area (Å²) in [5.74, 6) is 1.75. The average molecular weight is 222 g/mol. The zero-order valence-electron chi connectivity index (χ0n) is 11.6. The van der Waals surface area contributed by atoms with Crippen LogP contribution in [0.1, 0.15) is 58.1 Å². The van der Waals surface area contributed by atoms with Crippen LogP contribution in [0.5, 0.6) is 5.75 Å². The second-order valence-corrected chi connectivity index (χ2v) is 3.58. The molecule has 0 amide bonds. The van der Waals surface area contributed by atoms with Gasteiger partial charge in [0.15, 0.2) is 0 Å². The molecule has 1 atom stereocenters. The van der Waals surface area contributed by atoms with E-state index in [1.54, 1.807) is 0 Å². The maximum atomic E-state index is 5.57. The summed E-state index contributed by atoms with van der Waals surface area (Å²) in [5, 5.41) is 0. The van der Waals surface area contributed by atoms with E-state index in [-0.39, 0.29) is 0 Å². The summed E-state index contributed by atoms with van der Waals surface area (Å²) in [5.41, 5.74) is 2.65. The fourth-order valence-corrected chi connectivity index (χ4v) is 1.67. The van der Waals surface area contributed by atoms with Crippen LogP contribution in [0.3, 0.4) is 0 Å². The largest absolute Gasteiger partial charge is 0.493 e. The molecule has 0 fully saturated rings. The molecule has 1 heterocycles. The van der Waals surface area contributed by atoms with Crippen LogP contribution in [-0.2, 0) is 0 Å². The van der Waals surface area contributed by atoms with Crippen LogP contribution in [0.15, 0.2) is 18.2 Å². The summed E-state index contributed by atoms with van der Waals surface area (Å²) in [6.45, 7) is 13.2. The Morgan fingerprint density at radius 2 is 1.75 bits per heavy atom. The minimum atomic E-state index is 0.661. The molecular formula is C15H26O. The van der Waals surface area contributed by atoms with Crippen molar-refractivity contribution in [3.63, 3.8) is 0 Å². The molecular weight excluding hydrogens is 196 g/mol. The predicted molar refractivity (Wildman–Crippen MR) is 72.4 cm³/mol. The highest BCUT2D eigenvalue weighted by molar-refractivity contribution is 5.40. The molecule has 16 heavy (non-hydrogen) atoms. The Kier molecular flexibility index (Phi) is 7.70. The van der Waals surface area contributed by atoms with Gasteiger partial charge in [-0.1, -0.05) is 46.8 Å². The molecule has 1 aromatic carbocycles. The van der Waals surface area contributed by atoms with Gasteiger partial charge in [0.2, 0.25) is 0 Å². The third-order valence-electron chi connectivity index (χ3n) is 2.51. The van der Waals surface area contributed by atoms with Crippen molar-refractivity contribution >= 4 is 0 Å². The Morgan fingerprint density at radius 1 is 1.12 bits per heavy atom. The molecule has 0 radical (unpaired) electrons. The quantitative estimate of drug-likeness (QED) is 0.604. The average Bonchev–Trinajstić information content (AvgIpc) is 2.34. The van der Waals surface area contributed by atoms with E-state index in [0.717, 1.165) is 18.8 Å². The second kappa shape index (κ2) is 8.20. The minimum absolute atomic E-state index is 0.661. The van der Waals surface area contributed by atoms with E-state index in [0.29, 0.717) is 5.92 Å². The van der Waals surface area contributed by atoms with Crippen molar-refractivity contribution in [2.75, 3.05) is 6.61 Å². The van der Waals surface area contributed by atoms with Gasteiger partial charge in [0.1, 0.15) is 5.75 Å². The third kappa shape index (κ3) is 3.88. The van der Waals surface area contributed by atoms with Crippen molar-refractivity contribution in [2.45, 2.75) is 53.9 Å². The van der Waals surface area contributed by atoms with E-state index in [4.69, 9.17) is 4.74 Å². The van der Waals surface area contributed by atoms with Gasteiger partial charge in [-0.25, -0.2) is 0 Å². The topological polar surface area (TPSA) is 9.23 Å². The normalized spacial score (nSPS) is 16.8. The summed E-state index contributed by atoms with van der Waals surface area (Å²) < 4.78 is 5.57. The first-order chi connectivity index (χ1) is 7.77. The Morgan fingerprint density at radius 3 is 2.38 bits per heavy atom. The standard InChI is InChI=1S/C11H14O.2C2H6/c1-8-3-4-10-9(2)5-6-12-11(10)7-8;2*1-2/h3-4,7,9H,5-6H2,1-2H3;2*1-2H3. The Hall–Kier alpha value is -0.980. The fraction of sp³-hybridized carbons (Fsp3) is 0.600. The van der Waals surface area contributed by atoms with E-state index < -0.39 is 0 Å². The zero-order valence-corrected chi connectivity index (χ0v) is 11.6. The van der Waals surface area contributed by atoms with Crippen LogP contribution in [0, 0.1) is 6.92 Å². The van der Waals surface area contributed by atoms with E-state index in [1.165, 1.54) is 11.1 Å². The van der Waals surface area contributed by atoms with Gasteiger partial charge in [-0.15, -0.1) is 0 Å². The highest BCUT2D eigenvalue weighted by atomic mass is 16.5. The number of hydrogen-bond donors (Lipinski definition) is 0. The van der Waals surface area contributed by atoms with E-state index >= 15 is 0 Å². The van der Waals surface area contributed by atoms with Crippen LogP contribution in [-0.4, -0.2) is 6.61 Å². The van der Waals surface area contributed by atoms with Crippen LogP contribution in [0.25, 0.3) is 0 Å². The van der Waals surface area contributed by atoms with E-state index in [1.807, 2.05) is 27.7 Å². The lowest BCUT2D eigenvalue weighted by Gasteiger charge is -2.23. The van der Waals surface area contributed by atoms with Gasteiger partial charge in [0, 0.05) is 0 Å². The van der Waals surface area contributed by atoms with Crippen LogP contribution < -0.4 is 4.74 Å². The number of fused-ring (bicyclic) bond motifs is 1. The number of hydrogen-bond acceptors (Lipinski definition) is 1. The lowest BCUT2D eigenvalue weighted by Crippen LogP contribution is -2.11. The molecule has 1 aliphatic heterocycles. The Labute approximate surface area is 101 Å². The summed E-state index contributed by atoms with van der Waals surface area (Å²) in [7, 11) is 0. The van der Waals surface area contributed by atoms with Crippen molar-refractivity contribution in [1.82, 2.24) is 0 Å². The zero-order chi connectivity index (χ0) is 12.6. The molecule has 0 N–H and O–H groups in total. The van der Waals surface area contributed by atoms with Crippen LogP contribution in [0.2, 0.25) is 0 Å². The first kappa shape index (κ1) is 15.0. The van der Waals surface area contributed by atoms with Gasteiger partial charge in [0.05, 0.1) is 6.61 Å². The predicted octanol–water partition coefficient (Wildman–Crippen LogP) is 4.93. The molecule has 1 aromatic rings. The van der Waals surface area contributed by atoms with Gasteiger partial charge in [0.25, 0.3) is 0 Å². The first-order valence-electron chi connectivity index (χ1n) is 6.51. The number of ether oxygens (including phenoxy) is 1. The van der Waals surface area contributed by atoms with Gasteiger partial charge in [-0.3, -0.25) is 0 Å². The molecule has 0 saturated carbocycles. The van der Waals surface area contributed by atoms with Crippen molar-refractivity contribution < 1.29 is 4.74 Å². The van der Waals surface area contributed by atoms with Gasteiger partial charge in [-0.05, 0) is 36.5 Å². The summed E-state index contributed by atoms with van der Waals surface area (Å²) in [6, 6.07) is 6.48. The molecule has 0 bridgehead atoms. The van der Waals surface area contributed by atoms with E-state index in [2.05, 4.69) is 32.0 Å². The third-order valence-corrected chi connectivity index (χ3v) is 2.51. The molecule has 2 rings (SSSR count).